The number of carbonyl (C=O) groups excluding carboxylic acids is 2. The summed E-state index contributed by atoms with van der Waals surface area (Å²) in [4.78, 5) is 43.4. The average molecular weight is 707 g/mol. The average Bonchev–Trinajstić information content (AvgIpc) is 3.90. The Morgan fingerprint density at radius 3 is 2.06 bits per heavy atom. The molecule has 15 heteroatoms. The molecule has 0 aliphatic carbocycles. The van der Waals surface area contributed by atoms with Crippen LogP contribution in [-0.4, -0.2) is 87.4 Å². The summed E-state index contributed by atoms with van der Waals surface area (Å²) in [5.41, 5.74) is 6.89. The van der Waals surface area contributed by atoms with Crippen LogP contribution >= 0.6 is 0 Å². The van der Waals surface area contributed by atoms with Crippen LogP contribution in [0.3, 0.4) is 0 Å². The van der Waals surface area contributed by atoms with Gasteiger partial charge in [0.1, 0.15) is 5.57 Å². The van der Waals surface area contributed by atoms with Gasteiger partial charge in [-0.25, -0.2) is 9.59 Å². The molecular weight excluding hydrogens is 658 g/mol. The van der Waals surface area contributed by atoms with Gasteiger partial charge in [-0.1, -0.05) is 7.43 Å². The number of hydrogen-bond acceptors (Lipinski definition) is 9. The second-order valence-electron chi connectivity index (χ2n) is 12.1. The highest BCUT2D eigenvalue weighted by Gasteiger charge is 2.30. The Morgan fingerprint density at radius 1 is 0.804 bits per heavy atom. The van der Waals surface area contributed by atoms with E-state index in [2.05, 4.69) is 15.3 Å². The van der Waals surface area contributed by atoms with Crippen LogP contribution in [0.25, 0.3) is 0 Å². The van der Waals surface area contributed by atoms with Crippen molar-refractivity contribution in [2.24, 2.45) is 0 Å². The summed E-state index contributed by atoms with van der Waals surface area (Å²) < 4.78 is 17.4. The molecule has 274 valence electrons. The molecule has 15 nitrogen and oxygen atoms in total. The number of esters is 2. The monoisotopic (exact) mass is 706 g/mol. The zero-order valence-corrected chi connectivity index (χ0v) is 28.5. The van der Waals surface area contributed by atoms with Crippen LogP contribution in [0.15, 0.2) is 41.9 Å². The Balaban J connectivity index is 0.000000152. The number of fused-ring (bicyclic) bond motifs is 4. The number of carbonyl (C=O) groups is 4. The summed E-state index contributed by atoms with van der Waals surface area (Å²) >= 11 is 0. The van der Waals surface area contributed by atoms with Gasteiger partial charge in [0.2, 0.25) is 5.70 Å². The van der Waals surface area contributed by atoms with Crippen LogP contribution in [0, 0.1) is 0 Å². The number of ether oxygens (including phenoxy) is 2. The summed E-state index contributed by atoms with van der Waals surface area (Å²) in [6, 6.07) is 3.65. The number of aliphatic carboxylic acids is 1. The van der Waals surface area contributed by atoms with Crippen LogP contribution in [0.2, 0.25) is 0 Å². The smallest absolute Gasteiger partial charge is 0.356 e. The van der Waals surface area contributed by atoms with Crippen molar-refractivity contribution in [3.05, 3.63) is 75.9 Å². The topological polar surface area (TPSA) is 184 Å². The third-order valence-corrected chi connectivity index (χ3v) is 8.65. The summed E-state index contributed by atoms with van der Waals surface area (Å²) in [6.45, 7) is 7.35. The zero-order chi connectivity index (χ0) is 35.6. The number of aryl methyl sites for hydroxylation is 5. The molecule has 0 atom stereocenters. The molecule has 5 aliphatic heterocycles. The van der Waals surface area contributed by atoms with Crippen molar-refractivity contribution in [3.63, 3.8) is 0 Å². The molecular formula is C36H48N7O8+. The zero-order valence-electron chi connectivity index (χ0n) is 28.5. The number of carboxylic acid groups (broad SMARTS) is 2. The third kappa shape index (κ3) is 9.89. The van der Waals surface area contributed by atoms with Crippen LogP contribution in [0.1, 0.15) is 92.2 Å². The van der Waals surface area contributed by atoms with E-state index in [4.69, 9.17) is 19.7 Å². The molecule has 0 amide bonds. The summed E-state index contributed by atoms with van der Waals surface area (Å²) in [7, 11) is 0. The van der Waals surface area contributed by atoms with Crippen LogP contribution in [-0.2, 0) is 75.6 Å². The van der Waals surface area contributed by atoms with Gasteiger partial charge in [-0.15, -0.1) is 0 Å². The molecule has 0 fully saturated rings. The van der Waals surface area contributed by atoms with Gasteiger partial charge in [0.05, 0.1) is 37.9 Å². The highest BCUT2D eigenvalue weighted by Crippen LogP contribution is 2.24. The Hall–Kier alpha value is -5.34. The largest absolute Gasteiger partial charge is 0.477 e. The number of rotatable bonds is 8. The second kappa shape index (κ2) is 18.1. The first kappa shape index (κ1) is 38.5. The molecule has 0 saturated carbocycles. The number of allylic oxidation sites excluding steroid dienone is 1. The van der Waals surface area contributed by atoms with Crippen molar-refractivity contribution in [3.8, 4) is 0 Å². The molecule has 8 rings (SSSR count). The van der Waals surface area contributed by atoms with E-state index >= 15 is 0 Å². The minimum atomic E-state index is -0.938. The van der Waals surface area contributed by atoms with Gasteiger partial charge >= 0.3 is 23.9 Å². The second-order valence-corrected chi connectivity index (χ2v) is 12.1. The quantitative estimate of drug-likeness (QED) is 0.257. The lowest BCUT2D eigenvalue weighted by atomic mass is 10.1. The van der Waals surface area contributed by atoms with E-state index in [1.165, 1.54) is 17.8 Å². The fourth-order valence-electron chi connectivity index (χ4n) is 6.42. The SMILES string of the molecule is C.CCOC(=O)Cc1cc2n(n1)CCC2.CCOC(=O)Cc1cnn2c1CCC2.O=C(O)C1=C2CCC=[N+]2C=C1.O=C(O)c1cc2n(n1)CCC2. The molecule has 3 aromatic heterocycles. The molecule has 8 heterocycles. The molecule has 3 aromatic rings. The summed E-state index contributed by atoms with van der Waals surface area (Å²) in [5, 5.41) is 29.7. The van der Waals surface area contributed by atoms with Crippen molar-refractivity contribution >= 4 is 30.1 Å². The standard InChI is InChI=1S/2C10H14N2O2.C8H7NO2.C7H8N2O2.CH4/c1-2-14-10(13)6-8-7-11-12-5-3-4-9(8)12;1-2-14-10(13)7-8-6-9-4-3-5-12(9)11-8;10-8(11)6-3-5-9-4-1-2-7(6)9;10-7(11)6-4-5-2-1-3-9(5)8-6;/h7H,2-6H2,1H3;6H,2-5,7H2,1H3;3-5H,1-2H2;4H,1-3H2,(H,10,11);1H4/p+1. The maximum atomic E-state index is 11.3. The molecule has 0 bridgehead atoms. The highest BCUT2D eigenvalue weighted by atomic mass is 16.5. The number of aromatic carboxylic acids is 1. The molecule has 0 radical (unpaired) electrons. The van der Waals surface area contributed by atoms with Crippen molar-refractivity contribution in [2.75, 3.05) is 13.2 Å². The Labute approximate surface area is 296 Å². The van der Waals surface area contributed by atoms with E-state index in [0.29, 0.717) is 31.6 Å². The predicted octanol–water partition coefficient (Wildman–Crippen LogP) is 3.76. The molecule has 0 unspecified atom stereocenters. The van der Waals surface area contributed by atoms with Gasteiger partial charge in [-0.2, -0.15) is 19.9 Å². The lowest BCUT2D eigenvalue weighted by Gasteiger charge is -2.00. The van der Waals surface area contributed by atoms with E-state index in [0.717, 1.165) is 87.2 Å². The van der Waals surface area contributed by atoms with Crippen LogP contribution in [0.5, 0.6) is 0 Å². The van der Waals surface area contributed by atoms with Gasteiger partial charge in [0.25, 0.3) is 0 Å². The number of nitrogens with zero attached hydrogens (tertiary/aromatic N) is 7. The first-order valence-corrected chi connectivity index (χ1v) is 17.1. The first-order chi connectivity index (χ1) is 24.2. The Kier molecular flexibility index (Phi) is 13.6. The lowest BCUT2D eigenvalue weighted by molar-refractivity contribution is -0.386. The fraction of sp³-hybridized carbons (Fsp3) is 0.500. The summed E-state index contributed by atoms with van der Waals surface area (Å²) in [6.07, 6.45) is 16.2. The van der Waals surface area contributed by atoms with Gasteiger partial charge < -0.3 is 19.7 Å². The number of aromatic nitrogens is 6. The van der Waals surface area contributed by atoms with E-state index in [1.807, 2.05) is 40.1 Å². The predicted molar refractivity (Wildman–Crippen MR) is 185 cm³/mol. The maximum absolute atomic E-state index is 11.3. The van der Waals surface area contributed by atoms with E-state index in [-0.39, 0.29) is 25.1 Å². The maximum Gasteiger partial charge on any atom is 0.356 e. The van der Waals surface area contributed by atoms with Crippen molar-refractivity contribution < 1.29 is 43.4 Å². The molecule has 5 aliphatic rings. The van der Waals surface area contributed by atoms with Crippen molar-refractivity contribution in [2.45, 2.75) is 105 Å². The Morgan fingerprint density at radius 2 is 1.43 bits per heavy atom. The molecule has 0 saturated heterocycles. The molecule has 51 heavy (non-hydrogen) atoms. The van der Waals surface area contributed by atoms with E-state index in [1.54, 1.807) is 29.2 Å². The number of hydrogen-bond donors (Lipinski definition) is 2. The fourth-order valence-corrected chi connectivity index (χ4v) is 6.42. The van der Waals surface area contributed by atoms with Crippen molar-refractivity contribution in [1.82, 2.24) is 29.3 Å². The van der Waals surface area contributed by atoms with Crippen LogP contribution < -0.4 is 0 Å². The third-order valence-electron chi connectivity index (χ3n) is 8.65. The van der Waals surface area contributed by atoms with Gasteiger partial charge in [0, 0.05) is 61.2 Å². The highest BCUT2D eigenvalue weighted by molar-refractivity contribution is 5.91. The molecule has 0 aromatic carbocycles. The van der Waals surface area contributed by atoms with Gasteiger partial charge in [-0.05, 0) is 64.5 Å². The minimum Gasteiger partial charge on any atom is -0.477 e. The van der Waals surface area contributed by atoms with E-state index in [9.17, 15) is 19.2 Å². The van der Waals surface area contributed by atoms with Crippen molar-refractivity contribution in [1.29, 1.82) is 0 Å². The normalized spacial score (nSPS) is 15.4. The van der Waals surface area contributed by atoms with E-state index < -0.39 is 11.9 Å². The number of carboxylic acids is 2. The first-order valence-electron chi connectivity index (χ1n) is 17.1. The van der Waals surface area contributed by atoms with Gasteiger partial charge in [0.15, 0.2) is 18.1 Å². The van der Waals surface area contributed by atoms with Crippen LogP contribution in [0.4, 0.5) is 0 Å². The molecule has 0 spiro atoms. The van der Waals surface area contributed by atoms with Gasteiger partial charge in [-0.3, -0.25) is 23.6 Å². The minimum absolute atomic E-state index is 0. The lowest BCUT2D eigenvalue weighted by Crippen LogP contribution is -2.08. The molecule has 2 N–H and O–H groups in total. The Bertz CT molecular complexity index is 1780. The summed E-state index contributed by atoms with van der Waals surface area (Å²) in [5.74, 6) is -2.11.